The van der Waals surface area contributed by atoms with Gasteiger partial charge in [-0.2, -0.15) is 5.10 Å². The van der Waals surface area contributed by atoms with Crippen LogP contribution in [0.4, 0.5) is 0 Å². The van der Waals surface area contributed by atoms with E-state index in [-0.39, 0.29) is 5.56 Å². The molecular formula is C21H29N5O2. The van der Waals surface area contributed by atoms with Gasteiger partial charge in [0.25, 0.3) is 5.56 Å². The zero-order valence-electron chi connectivity index (χ0n) is 16.8. The quantitative estimate of drug-likeness (QED) is 0.772. The maximum atomic E-state index is 13.2. The number of likely N-dealkylation sites (tertiary alicyclic amines) is 1. The maximum Gasteiger partial charge on any atom is 0.255 e. The molecule has 0 N–H and O–H groups in total. The molecule has 7 nitrogen and oxygen atoms in total. The van der Waals surface area contributed by atoms with Gasteiger partial charge in [-0.25, -0.2) is 0 Å². The molecule has 0 aromatic carbocycles. The summed E-state index contributed by atoms with van der Waals surface area (Å²) >= 11 is 0. The topological polar surface area (TPSA) is 55.5 Å². The summed E-state index contributed by atoms with van der Waals surface area (Å²) in [6, 6.07) is 4.85. The van der Waals surface area contributed by atoms with Gasteiger partial charge in [0, 0.05) is 68.7 Å². The first-order valence-corrected chi connectivity index (χ1v) is 10.3. The Labute approximate surface area is 165 Å². The number of pyridine rings is 1. The zero-order chi connectivity index (χ0) is 19.3. The van der Waals surface area contributed by atoms with Gasteiger partial charge < -0.3 is 9.30 Å². The summed E-state index contributed by atoms with van der Waals surface area (Å²) in [6.45, 7) is 6.21. The number of hydrogen-bond donors (Lipinski definition) is 0. The molecule has 150 valence electrons. The van der Waals surface area contributed by atoms with Gasteiger partial charge in [0.05, 0.1) is 25.5 Å². The SMILES string of the molecule is CN(Cc1cnn(C)c1)Cc1ccc2n(c1=O)C[C@H]1C[C@@H]2CN(C2COC2)C1. The Balaban J connectivity index is 1.33. The number of aryl methyl sites for hydroxylation is 1. The van der Waals surface area contributed by atoms with Crippen molar-refractivity contribution < 1.29 is 4.74 Å². The molecule has 28 heavy (non-hydrogen) atoms. The van der Waals surface area contributed by atoms with Gasteiger partial charge in [-0.3, -0.25) is 19.3 Å². The number of aromatic nitrogens is 3. The summed E-state index contributed by atoms with van der Waals surface area (Å²) in [5.41, 5.74) is 3.48. The fourth-order valence-electron chi connectivity index (χ4n) is 5.09. The summed E-state index contributed by atoms with van der Waals surface area (Å²) in [6.07, 6.45) is 5.12. The lowest BCUT2D eigenvalue weighted by molar-refractivity contribution is -0.0827. The standard InChI is InChI=1S/C21H29N5O2/c1-23(7-16-6-22-24(2)8-16)11-17-3-4-20-18-5-15(10-26(20)21(17)27)9-25(12-18)19-13-28-14-19/h3-4,6,8,15,18-19H,5,7,9-14H2,1-2H3/t15-,18+/m0/s1. The van der Waals surface area contributed by atoms with E-state index in [1.807, 2.05) is 24.1 Å². The largest absolute Gasteiger partial charge is 0.378 e. The molecule has 2 aromatic rings. The highest BCUT2D eigenvalue weighted by Crippen LogP contribution is 2.36. The van der Waals surface area contributed by atoms with E-state index in [1.54, 1.807) is 0 Å². The van der Waals surface area contributed by atoms with E-state index >= 15 is 0 Å². The van der Waals surface area contributed by atoms with Crippen LogP contribution in [-0.4, -0.2) is 63.5 Å². The first-order chi connectivity index (χ1) is 13.6. The van der Waals surface area contributed by atoms with Crippen LogP contribution in [0.25, 0.3) is 0 Å². The van der Waals surface area contributed by atoms with Crippen molar-refractivity contribution in [3.8, 4) is 0 Å². The zero-order valence-corrected chi connectivity index (χ0v) is 16.8. The lowest BCUT2D eigenvalue weighted by atomic mass is 9.82. The fraction of sp³-hybridized carbons (Fsp3) is 0.619. The molecule has 2 atom stereocenters. The molecular weight excluding hydrogens is 354 g/mol. The van der Waals surface area contributed by atoms with E-state index in [2.05, 4.69) is 38.6 Å². The van der Waals surface area contributed by atoms with Gasteiger partial charge in [0.2, 0.25) is 0 Å². The molecule has 0 radical (unpaired) electrons. The number of piperidine rings is 1. The fourth-order valence-corrected chi connectivity index (χ4v) is 5.09. The summed E-state index contributed by atoms with van der Waals surface area (Å²) in [5, 5.41) is 4.23. The lowest BCUT2D eigenvalue weighted by Gasteiger charge is -2.47. The smallest absolute Gasteiger partial charge is 0.255 e. The molecule has 3 aliphatic heterocycles. The summed E-state index contributed by atoms with van der Waals surface area (Å²) in [7, 11) is 3.99. The highest BCUT2D eigenvalue weighted by atomic mass is 16.5. The van der Waals surface area contributed by atoms with Crippen LogP contribution in [-0.2, 0) is 31.4 Å². The van der Waals surface area contributed by atoms with Gasteiger partial charge in [-0.05, 0) is 25.5 Å². The van der Waals surface area contributed by atoms with Crippen molar-refractivity contribution in [3.05, 3.63) is 51.7 Å². The van der Waals surface area contributed by atoms with Gasteiger partial charge in [0.1, 0.15) is 0 Å². The summed E-state index contributed by atoms with van der Waals surface area (Å²) in [4.78, 5) is 18.0. The van der Waals surface area contributed by atoms with Crippen molar-refractivity contribution in [3.63, 3.8) is 0 Å². The van der Waals surface area contributed by atoms with E-state index in [0.717, 1.165) is 50.5 Å². The highest BCUT2D eigenvalue weighted by Gasteiger charge is 2.39. The summed E-state index contributed by atoms with van der Waals surface area (Å²) < 4.78 is 9.27. The first-order valence-electron chi connectivity index (χ1n) is 10.3. The van der Waals surface area contributed by atoms with E-state index in [9.17, 15) is 4.79 Å². The molecule has 0 aliphatic carbocycles. The Morgan fingerprint density at radius 1 is 1.21 bits per heavy atom. The Morgan fingerprint density at radius 3 is 2.79 bits per heavy atom. The monoisotopic (exact) mass is 383 g/mol. The average molecular weight is 383 g/mol. The van der Waals surface area contributed by atoms with Gasteiger partial charge >= 0.3 is 0 Å². The third-order valence-corrected chi connectivity index (χ3v) is 6.50. The molecule has 5 heterocycles. The van der Waals surface area contributed by atoms with Crippen molar-refractivity contribution in [1.82, 2.24) is 24.1 Å². The third kappa shape index (κ3) is 3.32. The minimum absolute atomic E-state index is 0.200. The van der Waals surface area contributed by atoms with Crippen LogP contribution in [0.1, 0.15) is 29.2 Å². The number of rotatable bonds is 5. The van der Waals surface area contributed by atoms with Crippen LogP contribution in [0.15, 0.2) is 29.3 Å². The Kier molecular flexibility index (Phi) is 4.61. The predicted octanol–water partition coefficient (Wildman–Crippen LogP) is 1.03. The molecule has 0 unspecified atom stereocenters. The van der Waals surface area contributed by atoms with Crippen LogP contribution in [0.3, 0.4) is 0 Å². The van der Waals surface area contributed by atoms with E-state index in [0.29, 0.717) is 24.4 Å². The number of fused-ring (bicyclic) bond motifs is 4. The van der Waals surface area contributed by atoms with Gasteiger partial charge in [-0.15, -0.1) is 0 Å². The van der Waals surface area contributed by atoms with Crippen LogP contribution in [0.2, 0.25) is 0 Å². The van der Waals surface area contributed by atoms with Crippen molar-refractivity contribution in [2.75, 3.05) is 33.4 Å². The van der Waals surface area contributed by atoms with Crippen molar-refractivity contribution in [2.45, 2.75) is 38.0 Å². The second kappa shape index (κ2) is 7.13. The van der Waals surface area contributed by atoms with Gasteiger partial charge in [0.15, 0.2) is 0 Å². The van der Waals surface area contributed by atoms with E-state index in [4.69, 9.17) is 4.74 Å². The molecule has 3 aliphatic rings. The number of ether oxygens (including phenoxy) is 1. The molecule has 0 amide bonds. The average Bonchev–Trinajstić information content (AvgIpc) is 3.01. The molecule has 7 heteroatoms. The minimum Gasteiger partial charge on any atom is -0.378 e. The predicted molar refractivity (Wildman–Crippen MR) is 106 cm³/mol. The Hall–Kier alpha value is -1.96. The lowest BCUT2D eigenvalue weighted by Crippen LogP contribution is -2.56. The van der Waals surface area contributed by atoms with Crippen molar-refractivity contribution >= 4 is 0 Å². The molecule has 2 aromatic heterocycles. The normalized spacial score (nSPS) is 25.0. The second-order valence-electron chi connectivity index (χ2n) is 8.84. The number of hydrogen-bond acceptors (Lipinski definition) is 5. The molecule has 2 saturated heterocycles. The van der Waals surface area contributed by atoms with E-state index in [1.165, 1.54) is 12.1 Å². The van der Waals surface area contributed by atoms with Crippen molar-refractivity contribution in [2.24, 2.45) is 13.0 Å². The minimum atomic E-state index is 0.200. The highest BCUT2D eigenvalue weighted by molar-refractivity contribution is 5.22. The molecule has 2 fully saturated rings. The maximum absolute atomic E-state index is 13.2. The molecule has 0 saturated carbocycles. The number of nitrogens with zero attached hydrogens (tertiary/aromatic N) is 5. The molecule has 2 bridgehead atoms. The summed E-state index contributed by atoms with van der Waals surface area (Å²) in [5.74, 6) is 1.05. The second-order valence-corrected chi connectivity index (χ2v) is 8.84. The molecule has 0 spiro atoms. The first kappa shape index (κ1) is 18.1. The van der Waals surface area contributed by atoms with Crippen LogP contribution in [0, 0.1) is 5.92 Å². The van der Waals surface area contributed by atoms with Gasteiger partial charge in [-0.1, -0.05) is 6.07 Å². The molecule has 5 rings (SSSR count). The Morgan fingerprint density at radius 2 is 2.07 bits per heavy atom. The van der Waals surface area contributed by atoms with Crippen molar-refractivity contribution in [1.29, 1.82) is 0 Å². The van der Waals surface area contributed by atoms with Crippen LogP contribution in [0.5, 0.6) is 0 Å². The van der Waals surface area contributed by atoms with Crippen LogP contribution >= 0.6 is 0 Å². The Bertz CT molecular complexity index is 916. The van der Waals surface area contributed by atoms with Crippen LogP contribution < -0.4 is 5.56 Å². The third-order valence-electron chi connectivity index (χ3n) is 6.50. The van der Waals surface area contributed by atoms with E-state index < -0.39 is 0 Å².